The van der Waals surface area contributed by atoms with E-state index < -0.39 is 4.92 Å². The molecule has 0 aliphatic heterocycles. The maximum absolute atomic E-state index is 10.8. The normalized spacial score (nSPS) is 9.80. The fourth-order valence-electron chi connectivity index (χ4n) is 0.961. The summed E-state index contributed by atoms with van der Waals surface area (Å²) in [7, 11) is 0. The van der Waals surface area contributed by atoms with Gasteiger partial charge in [-0.25, -0.2) is 0 Å². The van der Waals surface area contributed by atoms with Crippen LogP contribution < -0.4 is 5.32 Å². The van der Waals surface area contributed by atoms with Gasteiger partial charge in [-0.1, -0.05) is 23.2 Å². The average Bonchev–Trinajstić information content (AvgIpc) is 2.10. The lowest BCUT2D eigenvalue weighted by molar-refractivity contribution is -0.384. The van der Waals surface area contributed by atoms with E-state index in [-0.39, 0.29) is 27.3 Å². The number of carbonyl (C=O) groups excluding carboxylic acids is 1. The minimum Gasteiger partial charge on any atom is -0.324 e. The third kappa shape index (κ3) is 2.81. The summed E-state index contributed by atoms with van der Waals surface area (Å²) < 4.78 is 0. The maximum Gasteiger partial charge on any atom is 0.272 e. The Bertz CT molecular complexity index is 411. The van der Waals surface area contributed by atoms with Crippen LogP contribution >= 0.6 is 23.2 Å². The van der Waals surface area contributed by atoms with Crippen LogP contribution in [0.1, 0.15) is 6.92 Å². The fraction of sp³-hybridized carbons (Fsp3) is 0.125. The van der Waals surface area contributed by atoms with E-state index in [0.717, 1.165) is 12.1 Å². The Morgan fingerprint density at radius 2 is 1.87 bits per heavy atom. The second kappa shape index (κ2) is 4.46. The van der Waals surface area contributed by atoms with Gasteiger partial charge in [0, 0.05) is 19.1 Å². The van der Waals surface area contributed by atoms with Crippen molar-refractivity contribution in [1.29, 1.82) is 0 Å². The Morgan fingerprint density at radius 1 is 1.40 bits per heavy atom. The van der Waals surface area contributed by atoms with Crippen LogP contribution in [0.2, 0.25) is 10.0 Å². The lowest BCUT2D eigenvalue weighted by Crippen LogP contribution is -2.07. The fourth-order valence-corrected chi connectivity index (χ4v) is 1.53. The molecule has 0 unspecified atom stereocenters. The van der Waals surface area contributed by atoms with Crippen LogP contribution in [0.15, 0.2) is 12.1 Å². The lowest BCUT2D eigenvalue weighted by Gasteiger charge is -2.06. The molecule has 0 aliphatic rings. The molecule has 0 spiro atoms. The molecule has 0 aromatic heterocycles. The van der Waals surface area contributed by atoms with Gasteiger partial charge in [0.25, 0.3) is 5.69 Å². The van der Waals surface area contributed by atoms with E-state index in [1.54, 1.807) is 0 Å². The first-order chi connectivity index (χ1) is 6.91. The lowest BCUT2D eigenvalue weighted by atomic mass is 10.3. The van der Waals surface area contributed by atoms with Gasteiger partial charge in [-0.3, -0.25) is 14.9 Å². The second-order valence-electron chi connectivity index (χ2n) is 2.72. The van der Waals surface area contributed by atoms with Crippen molar-refractivity contribution in [3.05, 3.63) is 32.3 Å². The molecule has 80 valence electrons. The van der Waals surface area contributed by atoms with E-state index >= 15 is 0 Å². The molecule has 0 bridgehead atoms. The smallest absolute Gasteiger partial charge is 0.272 e. The Balaban J connectivity index is 3.21. The Morgan fingerprint density at radius 3 is 2.20 bits per heavy atom. The number of nitrogens with one attached hydrogen (secondary N) is 1. The number of carbonyl (C=O) groups is 1. The van der Waals surface area contributed by atoms with Gasteiger partial charge in [-0.05, 0) is 0 Å². The molecule has 15 heavy (non-hydrogen) atoms. The topological polar surface area (TPSA) is 72.2 Å². The highest BCUT2D eigenvalue weighted by atomic mass is 35.5. The number of anilines is 1. The summed E-state index contributed by atoms with van der Waals surface area (Å²) in [5.41, 5.74) is -0.0458. The van der Waals surface area contributed by atoms with Gasteiger partial charge in [0.2, 0.25) is 5.91 Å². The van der Waals surface area contributed by atoms with Crippen LogP contribution in [0.4, 0.5) is 11.4 Å². The van der Waals surface area contributed by atoms with E-state index in [9.17, 15) is 14.9 Å². The van der Waals surface area contributed by atoms with Crippen molar-refractivity contribution < 1.29 is 9.72 Å². The predicted molar refractivity (Wildman–Crippen MR) is 57.4 cm³/mol. The minimum absolute atomic E-state index is 0.0319. The van der Waals surface area contributed by atoms with Crippen LogP contribution in [0, 0.1) is 10.1 Å². The molecule has 0 heterocycles. The molecule has 0 saturated carbocycles. The van der Waals surface area contributed by atoms with Crippen molar-refractivity contribution in [2.75, 3.05) is 5.32 Å². The number of nitro groups is 1. The summed E-state index contributed by atoms with van der Waals surface area (Å²) in [5, 5.41) is 12.9. The van der Waals surface area contributed by atoms with Crippen molar-refractivity contribution >= 4 is 40.5 Å². The van der Waals surface area contributed by atoms with Gasteiger partial charge >= 0.3 is 0 Å². The quantitative estimate of drug-likeness (QED) is 0.646. The Kier molecular flexibility index (Phi) is 3.49. The number of nitrogens with zero attached hydrogens (tertiary/aromatic N) is 1. The summed E-state index contributed by atoms with van der Waals surface area (Å²) in [6.07, 6.45) is 0. The number of non-ortho nitro benzene ring substituents is 1. The first kappa shape index (κ1) is 11.7. The number of rotatable bonds is 2. The van der Waals surface area contributed by atoms with Crippen molar-refractivity contribution in [2.24, 2.45) is 0 Å². The van der Waals surface area contributed by atoms with Gasteiger partial charge < -0.3 is 5.32 Å². The summed E-state index contributed by atoms with van der Waals surface area (Å²) in [5.74, 6) is -0.354. The van der Waals surface area contributed by atoms with E-state index in [1.165, 1.54) is 6.92 Å². The first-order valence-electron chi connectivity index (χ1n) is 3.83. The molecule has 0 atom stereocenters. The number of hydrogen-bond donors (Lipinski definition) is 1. The molecule has 0 saturated heterocycles. The molecule has 1 aromatic carbocycles. The van der Waals surface area contributed by atoms with E-state index in [4.69, 9.17) is 23.2 Å². The van der Waals surface area contributed by atoms with Gasteiger partial charge in [0.1, 0.15) is 0 Å². The van der Waals surface area contributed by atoms with E-state index in [0.29, 0.717) is 0 Å². The van der Waals surface area contributed by atoms with Crippen molar-refractivity contribution in [3.63, 3.8) is 0 Å². The van der Waals surface area contributed by atoms with Crippen LogP contribution in [0.3, 0.4) is 0 Å². The van der Waals surface area contributed by atoms with Gasteiger partial charge in [-0.15, -0.1) is 0 Å². The zero-order chi connectivity index (χ0) is 11.6. The summed E-state index contributed by atoms with van der Waals surface area (Å²) in [6, 6.07) is 2.25. The van der Waals surface area contributed by atoms with Gasteiger partial charge in [0.05, 0.1) is 20.7 Å². The molecular weight excluding hydrogens is 243 g/mol. The molecule has 1 rings (SSSR count). The van der Waals surface area contributed by atoms with Crippen LogP contribution in [-0.4, -0.2) is 10.8 Å². The molecule has 0 aliphatic carbocycles. The Labute approximate surface area is 95.1 Å². The summed E-state index contributed by atoms with van der Waals surface area (Å²) in [4.78, 5) is 20.6. The Hall–Kier alpha value is -1.33. The van der Waals surface area contributed by atoms with E-state index in [1.807, 2.05) is 0 Å². The summed E-state index contributed by atoms with van der Waals surface area (Å²) in [6.45, 7) is 1.29. The standard InChI is InChI=1S/C8H6Cl2N2O3/c1-4(13)11-8-6(9)2-5(12(14)15)3-7(8)10/h2-3H,1H3,(H,11,13). The SMILES string of the molecule is CC(=O)Nc1c(Cl)cc([N+](=O)[O-])cc1Cl. The third-order valence-electron chi connectivity index (χ3n) is 1.54. The third-order valence-corrected chi connectivity index (χ3v) is 2.13. The van der Waals surface area contributed by atoms with Gasteiger partial charge in [-0.2, -0.15) is 0 Å². The number of nitro benzene ring substituents is 1. The molecule has 1 N–H and O–H groups in total. The minimum atomic E-state index is -0.616. The van der Waals surface area contributed by atoms with Crippen molar-refractivity contribution in [2.45, 2.75) is 6.92 Å². The van der Waals surface area contributed by atoms with Crippen LogP contribution in [0.25, 0.3) is 0 Å². The van der Waals surface area contributed by atoms with Crippen LogP contribution in [-0.2, 0) is 4.79 Å². The molecule has 1 amide bonds. The molecule has 1 aromatic rings. The molecule has 7 heteroatoms. The monoisotopic (exact) mass is 248 g/mol. The predicted octanol–water partition coefficient (Wildman–Crippen LogP) is 2.86. The molecule has 5 nitrogen and oxygen atoms in total. The first-order valence-corrected chi connectivity index (χ1v) is 4.58. The van der Waals surface area contributed by atoms with Gasteiger partial charge in [0.15, 0.2) is 0 Å². The zero-order valence-corrected chi connectivity index (χ0v) is 9.09. The largest absolute Gasteiger partial charge is 0.324 e. The highest BCUT2D eigenvalue weighted by Gasteiger charge is 2.14. The van der Waals surface area contributed by atoms with Crippen molar-refractivity contribution in [3.8, 4) is 0 Å². The summed E-state index contributed by atoms with van der Waals surface area (Å²) >= 11 is 11.4. The number of amides is 1. The maximum atomic E-state index is 10.8. The molecule has 0 fully saturated rings. The number of benzene rings is 1. The highest BCUT2D eigenvalue weighted by Crippen LogP contribution is 2.34. The zero-order valence-electron chi connectivity index (χ0n) is 7.58. The van der Waals surface area contributed by atoms with E-state index in [2.05, 4.69) is 5.32 Å². The molecular formula is C8H6Cl2N2O3. The van der Waals surface area contributed by atoms with Crippen molar-refractivity contribution in [1.82, 2.24) is 0 Å². The molecule has 0 radical (unpaired) electrons. The number of hydrogen-bond acceptors (Lipinski definition) is 3. The average molecular weight is 249 g/mol. The number of halogens is 2. The highest BCUT2D eigenvalue weighted by molar-refractivity contribution is 6.40. The van der Waals surface area contributed by atoms with Crippen LogP contribution in [0.5, 0.6) is 0 Å². The second-order valence-corrected chi connectivity index (χ2v) is 3.54.